The summed E-state index contributed by atoms with van der Waals surface area (Å²) in [6.45, 7) is 3.62. The maximum Gasteiger partial charge on any atom is 0.191 e. The van der Waals surface area contributed by atoms with Crippen LogP contribution in [0.2, 0.25) is 0 Å². The van der Waals surface area contributed by atoms with Gasteiger partial charge in [-0.2, -0.15) is 0 Å². The van der Waals surface area contributed by atoms with Crippen molar-refractivity contribution < 1.29 is 4.42 Å². The van der Waals surface area contributed by atoms with Crippen LogP contribution in [0, 0.1) is 0 Å². The van der Waals surface area contributed by atoms with E-state index in [1.54, 1.807) is 24.6 Å². The number of aryl methyl sites for hydroxylation is 1. The van der Waals surface area contributed by atoms with E-state index in [2.05, 4.69) is 27.5 Å². The molecule has 2 heterocycles. The van der Waals surface area contributed by atoms with Crippen LogP contribution in [0.3, 0.4) is 0 Å². The number of guanidine groups is 1. The van der Waals surface area contributed by atoms with Crippen LogP contribution in [0.5, 0.6) is 0 Å². The molecule has 0 amide bonds. The Morgan fingerprint density at radius 3 is 2.90 bits per heavy atom. The summed E-state index contributed by atoms with van der Waals surface area (Å²) in [5, 5.41) is 7.59. The number of nitrogens with zero attached hydrogens (tertiary/aromatic N) is 2. The zero-order valence-corrected chi connectivity index (χ0v) is 15.4. The van der Waals surface area contributed by atoms with Crippen molar-refractivity contribution in [3.63, 3.8) is 0 Å². The zero-order valence-electron chi connectivity index (χ0n) is 12.3. The molecule has 0 unspecified atom stereocenters. The van der Waals surface area contributed by atoms with Crippen molar-refractivity contribution in [2.75, 3.05) is 13.6 Å². The van der Waals surface area contributed by atoms with Crippen molar-refractivity contribution in [3.8, 4) is 0 Å². The maximum absolute atomic E-state index is 5.28. The second kappa shape index (κ2) is 9.78. The van der Waals surface area contributed by atoms with Gasteiger partial charge in [-0.1, -0.05) is 6.92 Å². The highest BCUT2D eigenvalue weighted by Gasteiger charge is 2.03. The predicted molar refractivity (Wildman–Crippen MR) is 97.5 cm³/mol. The normalized spacial score (nSPS) is 11.0. The van der Waals surface area contributed by atoms with Crippen LogP contribution in [-0.2, 0) is 19.4 Å². The van der Waals surface area contributed by atoms with E-state index in [4.69, 9.17) is 4.42 Å². The van der Waals surface area contributed by atoms with E-state index in [0.717, 1.165) is 36.1 Å². The molecule has 0 radical (unpaired) electrons. The molecular formula is C14H21IN4OS. The Labute approximate surface area is 146 Å². The predicted octanol–water partition coefficient (Wildman–Crippen LogP) is 2.82. The summed E-state index contributed by atoms with van der Waals surface area (Å²) in [4.78, 5) is 9.87. The molecule has 2 aromatic heterocycles. The van der Waals surface area contributed by atoms with E-state index in [1.165, 1.54) is 4.88 Å². The highest BCUT2D eigenvalue weighted by atomic mass is 127. The number of furan rings is 1. The van der Waals surface area contributed by atoms with Crippen LogP contribution >= 0.6 is 35.3 Å². The van der Waals surface area contributed by atoms with Gasteiger partial charge >= 0.3 is 0 Å². The molecule has 2 rings (SSSR count). The monoisotopic (exact) mass is 420 g/mol. The number of halogens is 1. The number of rotatable bonds is 6. The lowest BCUT2D eigenvalue weighted by Crippen LogP contribution is -2.37. The third-order valence-electron chi connectivity index (χ3n) is 2.82. The standard InChI is InChI=1S/C14H20N4OS.HI/c1-3-12-9-17-13(20-12)10-18-14(15-2)16-7-6-11-5-4-8-19-11;/h4-5,8-9H,3,6-7,10H2,1-2H3,(H2,15,16,18);1H. The molecule has 0 saturated heterocycles. The molecule has 0 aromatic carbocycles. The van der Waals surface area contributed by atoms with E-state index in [9.17, 15) is 0 Å². The zero-order chi connectivity index (χ0) is 14.2. The first-order valence-electron chi connectivity index (χ1n) is 6.72. The molecule has 0 spiro atoms. The fraction of sp³-hybridized carbons (Fsp3) is 0.429. The van der Waals surface area contributed by atoms with E-state index in [0.29, 0.717) is 6.54 Å². The highest BCUT2D eigenvalue weighted by Crippen LogP contribution is 2.12. The molecule has 0 atom stereocenters. The number of nitrogens with one attached hydrogen (secondary N) is 2. The molecule has 2 N–H and O–H groups in total. The van der Waals surface area contributed by atoms with E-state index in [1.807, 2.05) is 18.3 Å². The minimum Gasteiger partial charge on any atom is -0.469 e. The fourth-order valence-electron chi connectivity index (χ4n) is 1.73. The molecule has 2 aromatic rings. The Morgan fingerprint density at radius 2 is 2.29 bits per heavy atom. The van der Waals surface area contributed by atoms with Gasteiger partial charge < -0.3 is 15.1 Å². The van der Waals surface area contributed by atoms with Crippen molar-refractivity contribution in [2.45, 2.75) is 26.3 Å². The molecular weight excluding hydrogens is 399 g/mol. The number of hydrogen-bond acceptors (Lipinski definition) is 4. The van der Waals surface area contributed by atoms with Gasteiger partial charge in [0, 0.05) is 31.1 Å². The minimum absolute atomic E-state index is 0. The van der Waals surface area contributed by atoms with Gasteiger partial charge in [0.15, 0.2) is 5.96 Å². The first-order chi connectivity index (χ1) is 9.81. The number of thiazole rings is 1. The molecule has 5 nitrogen and oxygen atoms in total. The van der Waals surface area contributed by atoms with Crippen LogP contribution in [0.15, 0.2) is 34.0 Å². The maximum atomic E-state index is 5.28. The van der Waals surface area contributed by atoms with E-state index < -0.39 is 0 Å². The molecule has 7 heteroatoms. The van der Waals surface area contributed by atoms with E-state index >= 15 is 0 Å². The number of hydrogen-bond donors (Lipinski definition) is 2. The van der Waals surface area contributed by atoms with Gasteiger partial charge in [-0.05, 0) is 18.6 Å². The molecule has 0 saturated carbocycles. The number of aromatic nitrogens is 1. The molecule has 0 aliphatic heterocycles. The third-order valence-corrected chi connectivity index (χ3v) is 3.97. The van der Waals surface area contributed by atoms with Crippen LogP contribution in [-0.4, -0.2) is 24.5 Å². The largest absolute Gasteiger partial charge is 0.469 e. The number of aliphatic imine (C=N–C) groups is 1. The van der Waals surface area contributed by atoms with Crippen molar-refractivity contribution in [3.05, 3.63) is 40.2 Å². The molecule has 116 valence electrons. The Balaban J connectivity index is 0.00000220. The van der Waals surface area contributed by atoms with Crippen LogP contribution in [0.1, 0.15) is 22.6 Å². The molecule has 0 fully saturated rings. The van der Waals surface area contributed by atoms with Crippen molar-refractivity contribution in [1.29, 1.82) is 0 Å². The fourth-order valence-corrected chi connectivity index (χ4v) is 2.53. The van der Waals surface area contributed by atoms with Gasteiger partial charge in [0.2, 0.25) is 0 Å². The van der Waals surface area contributed by atoms with Gasteiger partial charge in [0.05, 0.1) is 12.8 Å². The van der Waals surface area contributed by atoms with Crippen molar-refractivity contribution in [2.24, 2.45) is 4.99 Å². The first kappa shape index (κ1) is 18.0. The summed E-state index contributed by atoms with van der Waals surface area (Å²) < 4.78 is 5.28. The molecule has 21 heavy (non-hydrogen) atoms. The molecule has 0 bridgehead atoms. The summed E-state index contributed by atoms with van der Waals surface area (Å²) in [6, 6.07) is 3.87. The lowest BCUT2D eigenvalue weighted by molar-refractivity contribution is 0.507. The summed E-state index contributed by atoms with van der Waals surface area (Å²) >= 11 is 1.74. The Hall–Kier alpha value is -1.09. The third kappa shape index (κ3) is 6.04. The van der Waals surface area contributed by atoms with Gasteiger partial charge in [-0.3, -0.25) is 4.99 Å². The van der Waals surface area contributed by atoms with Crippen LogP contribution in [0.4, 0.5) is 0 Å². The average molecular weight is 420 g/mol. The summed E-state index contributed by atoms with van der Waals surface area (Å²) in [6.07, 6.45) is 5.50. The summed E-state index contributed by atoms with van der Waals surface area (Å²) in [7, 11) is 1.77. The average Bonchev–Trinajstić information content (AvgIpc) is 3.13. The second-order valence-electron chi connectivity index (χ2n) is 4.26. The minimum atomic E-state index is 0. The Bertz CT molecular complexity index is 539. The lowest BCUT2D eigenvalue weighted by Gasteiger charge is -2.09. The summed E-state index contributed by atoms with van der Waals surface area (Å²) in [5.41, 5.74) is 0. The van der Waals surface area contributed by atoms with Crippen molar-refractivity contribution >= 4 is 41.3 Å². The van der Waals surface area contributed by atoms with Gasteiger partial charge in [0.25, 0.3) is 0 Å². The van der Waals surface area contributed by atoms with Gasteiger partial charge in [0.1, 0.15) is 10.8 Å². The van der Waals surface area contributed by atoms with Crippen LogP contribution in [0.25, 0.3) is 0 Å². The topological polar surface area (TPSA) is 62.5 Å². The SMILES string of the molecule is CCc1cnc(CNC(=NC)NCCc2ccco2)s1.I. The quantitative estimate of drug-likeness (QED) is 0.429. The Morgan fingerprint density at radius 1 is 1.43 bits per heavy atom. The second-order valence-corrected chi connectivity index (χ2v) is 5.46. The van der Waals surface area contributed by atoms with Crippen molar-refractivity contribution in [1.82, 2.24) is 15.6 Å². The van der Waals surface area contributed by atoms with E-state index in [-0.39, 0.29) is 24.0 Å². The molecule has 0 aliphatic carbocycles. The first-order valence-corrected chi connectivity index (χ1v) is 7.54. The van der Waals surface area contributed by atoms with Gasteiger partial charge in [-0.25, -0.2) is 4.98 Å². The highest BCUT2D eigenvalue weighted by molar-refractivity contribution is 14.0. The smallest absolute Gasteiger partial charge is 0.191 e. The molecule has 0 aliphatic rings. The summed E-state index contributed by atoms with van der Waals surface area (Å²) in [5.74, 6) is 1.75. The van der Waals surface area contributed by atoms with Gasteiger partial charge in [-0.15, -0.1) is 35.3 Å². The lowest BCUT2D eigenvalue weighted by atomic mass is 10.3. The Kier molecular flexibility index (Phi) is 8.36. The van der Waals surface area contributed by atoms with Crippen LogP contribution < -0.4 is 10.6 Å².